The quantitative estimate of drug-likeness (QED) is 0.787. The van der Waals surface area contributed by atoms with Gasteiger partial charge in [-0.05, 0) is 31.4 Å². The molecule has 1 rings (SSSR count). The maximum Gasteiger partial charge on any atom is 0.0722 e. The molecule has 1 unspecified atom stereocenters. The number of nitrogen functional groups attached to an aromatic ring is 1. The molecule has 0 bridgehead atoms. The van der Waals surface area contributed by atoms with Crippen molar-refractivity contribution in [2.24, 2.45) is 5.92 Å². The molecular weight excluding hydrogens is 243 g/mol. The van der Waals surface area contributed by atoms with Gasteiger partial charge in [0.05, 0.1) is 15.7 Å². The van der Waals surface area contributed by atoms with Crippen LogP contribution in [0.2, 0.25) is 10.0 Å². The fraction of sp³-hybridized carbons (Fsp3) is 0.500. The van der Waals surface area contributed by atoms with Crippen LogP contribution in [0.5, 0.6) is 0 Å². The van der Waals surface area contributed by atoms with Crippen LogP contribution < -0.4 is 11.1 Å². The van der Waals surface area contributed by atoms with Gasteiger partial charge >= 0.3 is 0 Å². The van der Waals surface area contributed by atoms with E-state index in [-0.39, 0.29) is 0 Å². The summed E-state index contributed by atoms with van der Waals surface area (Å²) in [4.78, 5) is 0. The molecule has 0 fully saturated rings. The number of nitrogens with two attached hydrogens (primary N) is 1. The summed E-state index contributed by atoms with van der Waals surface area (Å²) in [7, 11) is 0. The predicted molar refractivity (Wildman–Crippen MR) is 73.4 cm³/mol. The molecule has 0 saturated heterocycles. The van der Waals surface area contributed by atoms with E-state index in [1.165, 1.54) is 0 Å². The van der Waals surface area contributed by atoms with Crippen LogP contribution in [0.3, 0.4) is 0 Å². The van der Waals surface area contributed by atoms with Crippen LogP contribution in [-0.2, 0) is 0 Å². The second-order valence-corrected chi connectivity index (χ2v) is 5.35. The molecule has 0 spiro atoms. The summed E-state index contributed by atoms with van der Waals surface area (Å²) in [5.74, 6) is 0.633. The molecule has 0 aliphatic rings. The van der Waals surface area contributed by atoms with E-state index < -0.39 is 0 Å². The van der Waals surface area contributed by atoms with Gasteiger partial charge in [0.15, 0.2) is 0 Å². The lowest BCUT2D eigenvalue weighted by atomic mass is 10.1. The van der Waals surface area contributed by atoms with Crippen molar-refractivity contribution < 1.29 is 0 Å². The van der Waals surface area contributed by atoms with Crippen molar-refractivity contribution in [1.29, 1.82) is 0 Å². The maximum atomic E-state index is 6.09. The highest BCUT2D eigenvalue weighted by molar-refractivity contribution is 6.39. The van der Waals surface area contributed by atoms with Crippen molar-refractivity contribution in [3.05, 3.63) is 22.2 Å². The lowest BCUT2D eigenvalue weighted by Gasteiger charge is -2.19. The fourth-order valence-corrected chi connectivity index (χ4v) is 2.36. The highest BCUT2D eigenvalue weighted by Gasteiger charge is 2.11. The Morgan fingerprint density at radius 1 is 1.19 bits per heavy atom. The SMILES string of the molecule is CC(C)CC(C)Nc1c(Cl)cc(N)cc1Cl. The Bertz CT molecular complexity index is 341. The molecule has 90 valence electrons. The first-order valence-electron chi connectivity index (χ1n) is 5.41. The third-order valence-electron chi connectivity index (χ3n) is 2.28. The van der Waals surface area contributed by atoms with Crippen molar-refractivity contribution in [3.63, 3.8) is 0 Å². The van der Waals surface area contributed by atoms with Crippen LogP contribution in [0.4, 0.5) is 11.4 Å². The minimum atomic E-state index is 0.332. The lowest BCUT2D eigenvalue weighted by molar-refractivity contribution is 0.540. The average Bonchev–Trinajstić information content (AvgIpc) is 2.09. The summed E-state index contributed by atoms with van der Waals surface area (Å²) in [6, 6.07) is 3.74. The molecule has 0 aromatic heterocycles. The second kappa shape index (κ2) is 5.65. The van der Waals surface area contributed by atoms with E-state index in [9.17, 15) is 0 Å². The van der Waals surface area contributed by atoms with Crippen LogP contribution in [0.1, 0.15) is 27.2 Å². The smallest absolute Gasteiger partial charge is 0.0722 e. The van der Waals surface area contributed by atoms with Crippen molar-refractivity contribution >= 4 is 34.6 Å². The van der Waals surface area contributed by atoms with E-state index >= 15 is 0 Å². The standard InChI is InChI=1S/C12H18Cl2N2/c1-7(2)4-8(3)16-12-10(13)5-9(15)6-11(12)14/h5-8,16H,4,15H2,1-3H3. The molecule has 0 heterocycles. The lowest BCUT2D eigenvalue weighted by Crippen LogP contribution is -2.18. The van der Waals surface area contributed by atoms with Crippen molar-refractivity contribution in [2.75, 3.05) is 11.1 Å². The highest BCUT2D eigenvalue weighted by Crippen LogP contribution is 2.33. The Morgan fingerprint density at radius 2 is 1.69 bits per heavy atom. The highest BCUT2D eigenvalue weighted by atomic mass is 35.5. The van der Waals surface area contributed by atoms with Crippen molar-refractivity contribution in [3.8, 4) is 0 Å². The summed E-state index contributed by atoms with van der Waals surface area (Å²) < 4.78 is 0. The Balaban J connectivity index is 2.81. The van der Waals surface area contributed by atoms with Crippen LogP contribution in [-0.4, -0.2) is 6.04 Å². The summed E-state index contributed by atoms with van der Waals surface area (Å²) in [5, 5.41) is 4.46. The van der Waals surface area contributed by atoms with Crippen LogP contribution in [0.15, 0.2) is 12.1 Å². The Kier molecular flexibility index (Phi) is 4.75. The molecule has 0 radical (unpaired) electrons. The molecule has 3 N–H and O–H groups in total. The Morgan fingerprint density at radius 3 is 2.12 bits per heavy atom. The molecule has 1 aromatic rings. The van der Waals surface area contributed by atoms with Gasteiger partial charge in [0.2, 0.25) is 0 Å². The molecule has 1 aromatic carbocycles. The summed E-state index contributed by atoms with van der Waals surface area (Å²) >= 11 is 12.2. The molecule has 1 atom stereocenters. The van der Waals surface area contributed by atoms with E-state index in [2.05, 4.69) is 26.1 Å². The minimum Gasteiger partial charge on any atom is -0.399 e. The van der Waals surface area contributed by atoms with E-state index in [0.717, 1.165) is 12.1 Å². The first kappa shape index (κ1) is 13.5. The van der Waals surface area contributed by atoms with Gasteiger partial charge in [-0.2, -0.15) is 0 Å². The molecule has 0 aliphatic carbocycles. The Hall–Kier alpha value is -0.600. The zero-order valence-electron chi connectivity index (χ0n) is 9.85. The monoisotopic (exact) mass is 260 g/mol. The van der Waals surface area contributed by atoms with Crippen LogP contribution in [0, 0.1) is 5.92 Å². The molecular formula is C12H18Cl2N2. The normalized spacial score (nSPS) is 12.9. The predicted octanol–water partition coefficient (Wildman–Crippen LogP) is 4.42. The number of hydrogen-bond acceptors (Lipinski definition) is 2. The molecule has 2 nitrogen and oxygen atoms in total. The third-order valence-corrected chi connectivity index (χ3v) is 2.88. The topological polar surface area (TPSA) is 38.0 Å². The van der Waals surface area contributed by atoms with Crippen LogP contribution in [0.25, 0.3) is 0 Å². The third kappa shape index (κ3) is 3.76. The number of nitrogens with one attached hydrogen (secondary N) is 1. The van der Waals surface area contributed by atoms with Gasteiger partial charge in [-0.15, -0.1) is 0 Å². The van der Waals surface area contributed by atoms with Gasteiger partial charge in [0, 0.05) is 11.7 Å². The van der Waals surface area contributed by atoms with Gasteiger partial charge in [-0.3, -0.25) is 0 Å². The number of rotatable bonds is 4. The molecule has 0 saturated carbocycles. The van der Waals surface area contributed by atoms with Gasteiger partial charge in [0.25, 0.3) is 0 Å². The zero-order valence-corrected chi connectivity index (χ0v) is 11.4. The van der Waals surface area contributed by atoms with Gasteiger partial charge < -0.3 is 11.1 Å². The number of hydrogen-bond donors (Lipinski definition) is 2. The average molecular weight is 261 g/mol. The number of halogens is 2. The van der Waals surface area contributed by atoms with E-state index in [1.807, 2.05) is 0 Å². The maximum absolute atomic E-state index is 6.09. The van der Waals surface area contributed by atoms with Crippen LogP contribution >= 0.6 is 23.2 Å². The molecule has 0 amide bonds. The first-order valence-corrected chi connectivity index (χ1v) is 6.16. The fourth-order valence-electron chi connectivity index (χ4n) is 1.74. The largest absolute Gasteiger partial charge is 0.399 e. The van der Waals surface area contributed by atoms with Gasteiger partial charge in [-0.25, -0.2) is 0 Å². The molecule has 4 heteroatoms. The minimum absolute atomic E-state index is 0.332. The Labute approximate surface area is 107 Å². The number of anilines is 2. The van der Waals surface area contributed by atoms with Crippen molar-refractivity contribution in [1.82, 2.24) is 0 Å². The summed E-state index contributed by atoms with van der Waals surface area (Å²) in [6.45, 7) is 6.48. The van der Waals surface area contributed by atoms with Gasteiger partial charge in [0.1, 0.15) is 0 Å². The molecule has 0 aliphatic heterocycles. The summed E-state index contributed by atoms with van der Waals surface area (Å²) in [5.41, 5.74) is 6.99. The van der Waals surface area contributed by atoms with E-state index in [4.69, 9.17) is 28.9 Å². The van der Waals surface area contributed by atoms with Crippen molar-refractivity contribution in [2.45, 2.75) is 33.2 Å². The van der Waals surface area contributed by atoms with Gasteiger partial charge in [-0.1, -0.05) is 37.0 Å². The zero-order chi connectivity index (χ0) is 12.3. The number of benzene rings is 1. The summed E-state index contributed by atoms with van der Waals surface area (Å²) in [6.07, 6.45) is 1.07. The first-order chi connectivity index (χ1) is 7.40. The second-order valence-electron chi connectivity index (χ2n) is 4.53. The molecule has 16 heavy (non-hydrogen) atoms. The van der Waals surface area contributed by atoms with E-state index in [1.54, 1.807) is 12.1 Å². The van der Waals surface area contributed by atoms with E-state index in [0.29, 0.717) is 27.7 Å².